The van der Waals surface area contributed by atoms with Gasteiger partial charge >= 0.3 is 5.97 Å². The maximum atomic E-state index is 11.1. The number of aliphatic hydroxyl groups is 10. The van der Waals surface area contributed by atoms with Gasteiger partial charge in [0.2, 0.25) is 0 Å². The van der Waals surface area contributed by atoms with Crippen LogP contribution in [0.25, 0.3) is 0 Å². The second-order valence-corrected chi connectivity index (χ2v) is 6.03. The second-order valence-electron chi connectivity index (χ2n) is 6.03. The topological polar surface area (TPSA) is 243 Å². The summed E-state index contributed by atoms with van der Waals surface area (Å²) in [5, 5.41) is 105. The van der Waals surface area contributed by atoms with Crippen molar-refractivity contribution in [1.82, 2.24) is 4.90 Å². The number of aliphatic hydroxyl groups excluding tert-OH is 10. The Bertz CT molecular complexity index is 397. The molecule has 2 unspecified atom stereocenters. The number of rotatable bonds is 14. The van der Waals surface area contributed by atoms with Crippen molar-refractivity contribution < 1.29 is 61.0 Å². The van der Waals surface area contributed by atoms with E-state index in [9.17, 15) is 45.6 Å². The minimum Gasteiger partial charge on any atom is -0.480 e. The lowest BCUT2D eigenvalue weighted by Gasteiger charge is -2.42. The predicted octanol–water partition coefficient (Wildman–Crippen LogP) is -6.76. The second kappa shape index (κ2) is 12.5. The standard InChI is InChI=1S/C14H29NO12/c16-2-6(11(24)13(26)8(20)4-18)15(1-10(22)23)7(3-17)12(25)14(27)9(21)5-19/h6-9,11-14,16-21,24-27H,1-5H2,(H,22,23)/t6?,7?,8-,9-,11-,12-,13-,14-/m1/s1. The van der Waals surface area contributed by atoms with E-state index in [-0.39, 0.29) is 0 Å². The van der Waals surface area contributed by atoms with E-state index in [1.165, 1.54) is 0 Å². The van der Waals surface area contributed by atoms with Crippen LogP contribution in [-0.4, -0.2) is 149 Å². The number of carboxylic acid groups (broad SMARTS) is 1. The number of nitrogens with zero attached hydrogens (tertiary/aromatic N) is 1. The highest BCUT2D eigenvalue weighted by atomic mass is 16.4. The van der Waals surface area contributed by atoms with Gasteiger partial charge in [0.15, 0.2) is 0 Å². The van der Waals surface area contributed by atoms with E-state index in [2.05, 4.69) is 0 Å². The molecule has 0 fully saturated rings. The third kappa shape index (κ3) is 7.17. The summed E-state index contributed by atoms with van der Waals surface area (Å²) in [5.74, 6) is -1.53. The van der Waals surface area contributed by atoms with Crippen LogP contribution in [0, 0.1) is 0 Å². The van der Waals surface area contributed by atoms with E-state index >= 15 is 0 Å². The number of aliphatic carboxylic acids is 1. The van der Waals surface area contributed by atoms with Crippen LogP contribution in [0.3, 0.4) is 0 Å². The highest BCUT2D eigenvalue weighted by Crippen LogP contribution is 2.19. The highest BCUT2D eigenvalue weighted by molar-refractivity contribution is 5.69. The molecule has 0 saturated carbocycles. The van der Waals surface area contributed by atoms with Gasteiger partial charge in [0, 0.05) is 0 Å². The average Bonchev–Trinajstić information content (AvgIpc) is 2.65. The first kappa shape index (κ1) is 26.0. The fourth-order valence-corrected chi connectivity index (χ4v) is 2.58. The third-order valence-corrected chi connectivity index (χ3v) is 4.19. The van der Waals surface area contributed by atoms with Crippen LogP contribution in [0.1, 0.15) is 0 Å². The Morgan fingerprint density at radius 1 is 0.630 bits per heavy atom. The Labute approximate surface area is 154 Å². The molecule has 11 N–H and O–H groups in total. The summed E-state index contributed by atoms with van der Waals surface area (Å²) in [6.07, 6.45) is -11.8. The first-order chi connectivity index (χ1) is 12.6. The van der Waals surface area contributed by atoms with Crippen LogP contribution in [0.4, 0.5) is 0 Å². The molecule has 0 saturated heterocycles. The molecule has 0 aromatic heterocycles. The van der Waals surface area contributed by atoms with Crippen molar-refractivity contribution >= 4 is 5.97 Å². The van der Waals surface area contributed by atoms with Crippen LogP contribution in [0.5, 0.6) is 0 Å². The predicted molar refractivity (Wildman–Crippen MR) is 86.3 cm³/mol. The third-order valence-electron chi connectivity index (χ3n) is 4.19. The summed E-state index contributed by atoms with van der Waals surface area (Å²) < 4.78 is 0. The van der Waals surface area contributed by atoms with Crippen molar-refractivity contribution in [2.45, 2.75) is 48.7 Å². The summed E-state index contributed by atoms with van der Waals surface area (Å²) in [5.41, 5.74) is 0. The van der Waals surface area contributed by atoms with E-state index in [0.29, 0.717) is 4.90 Å². The monoisotopic (exact) mass is 403 g/mol. The molecule has 27 heavy (non-hydrogen) atoms. The van der Waals surface area contributed by atoms with Gasteiger partial charge in [-0.2, -0.15) is 0 Å². The van der Waals surface area contributed by atoms with Gasteiger partial charge in [-0.05, 0) is 0 Å². The highest BCUT2D eigenvalue weighted by Gasteiger charge is 2.42. The summed E-state index contributed by atoms with van der Waals surface area (Å²) in [6.45, 7) is -4.92. The molecule has 0 amide bonds. The van der Waals surface area contributed by atoms with Gasteiger partial charge in [-0.3, -0.25) is 9.69 Å². The summed E-state index contributed by atoms with van der Waals surface area (Å²) in [7, 11) is 0. The maximum absolute atomic E-state index is 11.1. The summed E-state index contributed by atoms with van der Waals surface area (Å²) >= 11 is 0. The Morgan fingerprint density at radius 2 is 0.963 bits per heavy atom. The van der Waals surface area contributed by atoms with Crippen LogP contribution >= 0.6 is 0 Å². The zero-order chi connectivity index (χ0) is 21.3. The molecule has 0 aromatic rings. The van der Waals surface area contributed by atoms with Crippen LogP contribution < -0.4 is 0 Å². The van der Waals surface area contributed by atoms with Crippen molar-refractivity contribution in [2.24, 2.45) is 0 Å². The molecule has 13 nitrogen and oxygen atoms in total. The van der Waals surface area contributed by atoms with Crippen molar-refractivity contribution in [3.63, 3.8) is 0 Å². The van der Waals surface area contributed by atoms with Gasteiger partial charge < -0.3 is 56.2 Å². The van der Waals surface area contributed by atoms with Crippen LogP contribution in [0.15, 0.2) is 0 Å². The van der Waals surface area contributed by atoms with Crippen LogP contribution in [-0.2, 0) is 4.79 Å². The Morgan fingerprint density at radius 3 is 1.19 bits per heavy atom. The number of carboxylic acids is 1. The van der Waals surface area contributed by atoms with E-state index in [1.54, 1.807) is 0 Å². The van der Waals surface area contributed by atoms with Crippen molar-refractivity contribution in [3.8, 4) is 0 Å². The number of hydrogen-bond acceptors (Lipinski definition) is 12. The molecule has 0 spiro atoms. The lowest BCUT2D eigenvalue weighted by atomic mass is 9.95. The summed E-state index contributed by atoms with van der Waals surface area (Å²) in [6, 6.07) is -3.33. The van der Waals surface area contributed by atoms with Crippen molar-refractivity contribution in [1.29, 1.82) is 0 Å². The average molecular weight is 403 g/mol. The SMILES string of the molecule is O=C(O)CN(C(CO)[C@@H](O)[C@H](O)[C@H](O)CO)C(CO)[C@@H](O)[C@H](O)[C@H](O)CO. The Balaban J connectivity index is 5.77. The molecule has 0 aliphatic carbocycles. The summed E-state index contributed by atoms with van der Waals surface area (Å²) in [4.78, 5) is 11.8. The van der Waals surface area contributed by atoms with Crippen LogP contribution in [0.2, 0.25) is 0 Å². The van der Waals surface area contributed by atoms with Crippen molar-refractivity contribution in [2.75, 3.05) is 33.0 Å². The normalized spacial score (nSPS) is 21.1. The molecule has 13 heteroatoms. The molecule has 0 bridgehead atoms. The minimum atomic E-state index is -2.03. The molecule has 0 aromatic carbocycles. The molecule has 0 rings (SSSR count). The number of carbonyl (C=O) groups is 1. The Hall–Kier alpha value is -0.970. The largest absolute Gasteiger partial charge is 0.480 e. The zero-order valence-electron chi connectivity index (χ0n) is 14.4. The quantitative estimate of drug-likeness (QED) is 0.129. The lowest BCUT2D eigenvalue weighted by molar-refractivity contribution is -0.158. The van der Waals surface area contributed by atoms with Gasteiger partial charge in [0.05, 0.1) is 45.1 Å². The minimum absolute atomic E-state index is 0.651. The molecule has 0 aliphatic heterocycles. The molecular weight excluding hydrogens is 374 g/mol. The van der Waals surface area contributed by atoms with Gasteiger partial charge in [-0.15, -0.1) is 0 Å². The number of hydrogen-bond donors (Lipinski definition) is 11. The van der Waals surface area contributed by atoms with E-state index < -0.39 is 87.6 Å². The molecule has 8 atom stereocenters. The smallest absolute Gasteiger partial charge is 0.317 e. The van der Waals surface area contributed by atoms with Gasteiger partial charge in [0.1, 0.15) is 36.6 Å². The van der Waals surface area contributed by atoms with E-state index in [1.807, 2.05) is 0 Å². The molecule has 0 heterocycles. The first-order valence-electron chi connectivity index (χ1n) is 8.06. The zero-order valence-corrected chi connectivity index (χ0v) is 14.4. The van der Waals surface area contributed by atoms with E-state index in [0.717, 1.165) is 0 Å². The van der Waals surface area contributed by atoms with Crippen molar-refractivity contribution in [3.05, 3.63) is 0 Å². The lowest BCUT2D eigenvalue weighted by Crippen LogP contribution is -2.63. The molecule has 0 radical (unpaired) electrons. The van der Waals surface area contributed by atoms with Gasteiger partial charge in [-0.25, -0.2) is 0 Å². The molecular formula is C14H29NO12. The van der Waals surface area contributed by atoms with E-state index in [4.69, 9.17) is 15.3 Å². The Kier molecular flexibility index (Phi) is 12.0. The maximum Gasteiger partial charge on any atom is 0.317 e. The van der Waals surface area contributed by atoms with Gasteiger partial charge in [0.25, 0.3) is 0 Å². The van der Waals surface area contributed by atoms with Gasteiger partial charge in [-0.1, -0.05) is 0 Å². The fourth-order valence-electron chi connectivity index (χ4n) is 2.58. The first-order valence-corrected chi connectivity index (χ1v) is 8.06. The molecule has 162 valence electrons. The molecule has 0 aliphatic rings. The fraction of sp³-hybridized carbons (Fsp3) is 0.929.